The fourth-order valence-corrected chi connectivity index (χ4v) is 3.79. The van der Waals surface area contributed by atoms with Gasteiger partial charge in [-0.15, -0.1) is 0 Å². The van der Waals surface area contributed by atoms with Crippen molar-refractivity contribution in [1.82, 2.24) is 9.88 Å². The average molecular weight is 496 g/mol. The Kier molecular flexibility index (Phi) is 7.22. The van der Waals surface area contributed by atoms with Gasteiger partial charge in [0.2, 0.25) is 0 Å². The lowest BCUT2D eigenvalue weighted by Gasteiger charge is -2.23. The molecule has 0 spiro atoms. The van der Waals surface area contributed by atoms with Crippen molar-refractivity contribution in [2.75, 3.05) is 19.5 Å². The highest BCUT2D eigenvalue weighted by molar-refractivity contribution is 6.30. The van der Waals surface area contributed by atoms with Crippen molar-refractivity contribution in [3.05, 3.63) is 99.1 Å². The fraction of sp³-hybridized carbons (Fsp3) is 0.154. The minimum absolute atomic E-state index is 0.0253. The number of urea groups is 1. The summed E-state index contributed by atoms with van der Waals surface area (Å²) in [4.78, 5) is 30.3. The van der Waals surface area contributed by atoms with E-state index in [4.69, 9.17) is 21.1 Å². The molecule has 0 fully saturated rings. The minimum Gasteiger partial charge on any atom is -0.493 e. The number of amides is 2. The van der Waals surface area contributed by atoms with Crippen molar-refractivity contribution in [2.24, 2.45) is 0 Å². The number of nitrogens with one attached hydrogen (secondary N) is 2. The van der Waals surface area contributed by atoms with Gasteiger partial charge in [0, 0.05) is 28.6 Å². The van der Waals surface area contributed by atoms with Crippen LogP contribution in [0.5, 0.6) is 11.5 Å². The minimum atomic E-state index is -0.558. The number of carbonyl (C=O) groups excluding carboxylic acids is 1. The molecule has 0 unspecified atom stereocenters. The zero-order valence-electron chi connectivity index (χ0n) is 19.1. The molecule has 180 valence electrons. The van der Waals surface area contributed by atoms with Crippen LogP contribution in [0.25, 0.3) is 10.9 Å². The molecular weight excluding hydrogens is 473 g/mol. The third-order valence-corrected chi connectivity index (χ3v) is 5.73. The Labute approximate surface area is 206 Å². The molecule has 1 heterocycles. The van der Waals surface area contributed by atoms with Crippen molar-refractivity contribution in [3.63, 3.8) is 0 Å². The topological polar surface area (TPSA) is 83.7 Å². The number of anilines is 1. The summed E-state index contributed by atoms with van der Waals surface area (Å²) in [6.07, 6.45) is 0. The molecule has 0 aliphatic carbocycles. The van der Waals surface area contributed by atoms with Crippen LogP contribution in [0.1, 0.15) is 11.1 Å². The number of nitrogens with zero attached hydrogens (tertiary/aromatic N) is 1. The summed E-state index contributed by atoms with van der Waals surface area (Å²) >= 11 is 5.99. The number of aromatic nitrogens is 1. The number of hydrogen-bond donors (Lipinski definition) is 2. The summed E-state index contributed by atoms with van der Waals surface area (Å²) in [6, 6.07) is 17.4. The predicted molar refractivity (Wildman–Crippen MR) is 134 cm³/mol. The number of H-pyrrole nitrogens is 1. The molecule has 7 nitrogen and oxygen atoms in total. The van der Waals surface area contributed by atoms with Crippen LogP contribution in [0, 0.1) is 5.82 Å². The van der Waals surface area contributed by atoms with Gasteiger partial charge in [-0.05, 0) is 42.0 Å². The number of rotatable bonds is 7. The maximum Gasteiger partial charge on any atom is 0.322 e. The zero-order valence-corrected chi connectivity index (χ0v) is 19.9. The van der Waals surface area contributed by atoms with Crippen molar-refractivity contribution >= 4 is 34.2 Å². The van der Waals surface area contributed by atoms with E-state index in [1.54, 1.807) is 48.5 Å². The van der Waals surface area contributed by atoms with E-state index < -0.39 is 11.8 Å². The van der Waals surface area contributed by atoms with Gasteiger partial charge in [0.25, 0.3) is 5.56 Å². The van der Waals surface area contributed by atoms with E-state index in [2.05, 4.69) is 10.3 Å². The number of hydrogen-bond acceptors (Lipinski definition) is 4. The molecular formula is C26H23ClFN3O4. The fourth-order valence-electron chi connectivity index (χ4n) is 3.67. The molecule has 0 saturated carbocycles. The quantitative estimate of drug-likeness (QED) is 0.351. The van der Waals surface area contributed by atoms with Crippen LogP contribution in [-0.4, -0.2) is 30.1 Å². The lowest BCUT2D eigenvalue weighted by atomic mass is 10.1. The number of aromatic amines is 1. The number of halogens is 2. The number of fused-ring (bicyclic) bond motifs is 1. The van der Waals surface area contributed by atoms with Gasteiger partial charge in [0.05, 0.1) is 32.0 Å². The molecule has 0 aliphatic rings. The van der Waals surface area contributed by atoms with Crippen molar-refractivity contribution < 1.29 is 18.7 Å². The highest BCUT2D eigenvalue weighted by atomic mass is 35.5. The van der Waals surface area contributed by atoms with Gasteiger partial charge in [0.1, 0.15) is 5.82 Å². The van der Waals surface area contributed by atoms with Crippen LogP contribution in [-0.2, 0) is 13.1 Å². The summed E-state index contributed by atoms with van der Waals surface area (Å²) < 4.78 is 24.8. The lowest BCUT2D eigenvalue weighted by molar-refractivity contribution is 0.206. The predicted octanol–water partition coefficient (Wildman–Crippen LogP) is 5.57. The van der Waals surface area contributed by atoms with Crippen LogP contribution in [0.2, 0.25) is 5.02 Å². The number of ether oxygens (including phenoxy) is 2. The smallest absolute Gasteiger partial charge is 0.322 e. The van der Waals surface area contributed by atoms with E-state index in [1.807, 2.05) is 0 Å². The molecule has 1 aromatic heterocycles. The largest absolute Gasteiger partial charge is 0.493 e. The van der Waals surface area contributed by atoms with Gasteiger partial charge in [-0.25, -0.2) is 9.18 Å². The lowest BCUT2D eigenvalue weighted by Crippen LogP contribution is -2.36. The first kappa shape index (κ1) is 24.1. The Morgan fingerprint density at radius 2 is 1.69 bits per heavy atom. The van der Waals surface area contributed by atoms with Crippen LogP contribution >= 0.6 is 11.6 Å². The number of methoxy groups -OCH3 is 2. The van der Waals surface area contributed by atoms with Crippen LogP contribution in [0.15, 0.2) is 71.5 Å². The molecule has 0 atom stereocenters. The molecule has 2 N–H and O–H groups in total. The molecule has 2 amide bonds. The molecule has 0 aliphatic heterocycles. The summed E-state index contributed by atoms with van der Waals surface area (Å²) in [5, 5.41) is 3.86. The first-order valence-electron chi connectivity index (χ1n) is 10.7. The Morgan fingerprint density at radius 1 is 1.00 bits per heavy atom. The molecule has 35 heavy (non-hydrogen) atoms. The van der Waals surface area contributed by atoms with E-state index >= 15 is 0 Å². The Balaban J connectivity index is 1.69. The first-order valence-corrected chi connectivity index (χ1v) is 11.1. The van der Waals surface area contributed by atoms with Gasteiger partial charge in [-0.1, -0.05) is 35.9 Å². The van der Waals surface area contributed by atoms with E-state index in [9.17, 15) is 14.0 Å². The van der Waals surface area contributed by atoms with Crippen molar-refractivity contribution in [1.29, 1.82) is 0 Å². The first-order chi connectivity index (χ1) is 16.9. The molecule has 3 aromatic carbocycles. The van der Waals surface area contributed by atoms with Gasteiger partial charge >= 0.3 is 6.03 Å². The van der Waals surface area contributed by atoms with Crippen molar-refractivity contribution in [3.8, 4) is 11.5 Å². The second-order valence-corrected chi connectivity index (χ2v) is 8.25. The Bertz CT molecular complexity index is 1420. The molecule has 4 rings (SSSR count). The third kappa shape index (κ3) is 5.55. The highest BCUT2D eigenvalue weighted by Gasteiger charge is 2.19. The summed E-state index contributed by atoms with van der Waals surface area (Å²) in [5.74, 6) is 0.433. The third-order valence-electron chi connectivity index (χ3n) is 5.48. The van der Waals surface area contributed by atoms with E-state index in [-0.39, 0.29) is 24.3 Å². The maximum atomic E-state index is 14.2. The standard InChI is InChI=1S/C26H23ClFN3O4/c1-34-23-12-17-11-18(25(32)29-22(17)13-24(23)35-2)15-31(14-16-7-9-19(27)10-8-16)26(33)30-21-6-4-3-5-20(21)28/h3-13H,14-15H2,1-2H3,(H,29,32)(H,30,33). The van der Waals surface area contributed by atoms with Gasteiger partial charge < -0.3 is 24.7 Å². The average Bonchev–Trinajstić information content (AvgIpc) is 2.85. The van der Waals surface area contributed by atoms with Crippen LogP contribution in [0.3, 0.4) is 0 Å². The van der Waals surface area contributed by atoms with E-state index in [0.29, 0.717) is 33.0 Å². The number of para-hydroxylation sites is 1. The summed E-state index contributed by atoms with van der Waals surface area (Å²) in [6.45, 7) is 0.142. The van der Waals surface area contributed by atoms with Gasteiger partial charge in [-0.2, -0.15) is 0 Å². The highest BCUT2D eigenvalue weighted by Crippen LogP contribution is 2.31. The van der Waals surface area contributed by atoms with E-state index in [0.717, 1.165) is 5.56 Å². The molecule has 0 bridgehead atoms. The van der Waals surface area contributed by atoms with Crippen molar-refractivity contribution in [2.45, 2.75) is 13.1 Å². The van der Waals surface area contributed by atoms with Gasteiger partial charge in [0.15, 0.2) is 11.5 Å². The second-order valence-electron chi connectivity index (χ2n) is 7.81. The maximum absolute atomic E-state index is 14.2. The normalized spacial score (nSPS) is 10.7. The monoisotopic (exact) mass is 495 g/mol. The Morgan fingerprint density at radius 3 is 2.37 bits per heavy atom. The number of carbonyl (C=O) groups is 1. The summed E-state index contributed by atoms with van der Waals surface area (Å²) in [7, 11) is 3.04. The Hall–Kier alpha value is -4.04. The number of benzene rings is 3. The molecule has 4 aromatic rings. The SMILES string of the molecule is COc1cc2cc(CN(Cc3ccc(Cl)cc3)C(=O)Nc3ccccc3F)c(=O)[nH]c2cc1OC. The van der Waals surface area contributed by atoms with Crippen LogP contribution in [0.4, 0.5) is 14.9 Å². The van der Waals surface area contributed by atoms with Gasteiger partial charge in [-0.3, -0.25) is 4.79 Å². The summed E-state index contributed by atoms with van der Waals surface area (Å²) in [5.41, 5.74) is 1.40. The molecule has 9 heteroatoms. The number of pyridine rings is 1. The molecule has 0 radical (unpaired) electrons. The van der Waals surface area contributed by atoms with Crippen LogP contribution < -0.4 is 20.3 Å². The second kappa shape index (κ2) is 10.5. The molecule has 0 saturated heterocycles. The zero-order chi connectivity index (χ0) is 24.9. The van der Waals surface area contributed by atoms with E-state index in [1.165, 1.54) is 37.3 Å².